The Morgan fingerprint density at radius 3 is 2.19 bits per heavy atom. The van der Waals surface area contributed by atoms with Crippen LogP contribution in [0.5, 0.6) is 5.75 Å². The molecule has 0 bridgehead atoms. The summed E-state index contributed by atoms with van der Waals surface area (Å²) in [5.41, 5.74) is 2.53. The van der Waals surface area contributed by atoms with Gasteiger partial charge in [0, 0.05) is 10.6 Å². The van der Waals surface area contributed by atoms with Crippen molar-refractivity contribution >= 4 is 52.7 Å². The van der Waals surface area contributed by atoms with E-state index in [1.165, 1.54) is 42.5 Å². The second-order valence-corrected chi connectivity index (χ2v) is 11.2. The number of ether oxygens (including phenoxy) is 1. The molecule has 1 saturated heterocycles. The third-order valence-electron chi connectivity index (χ3n) is 7.40. The monoisotopic (exact) mass is 604 g/mol. The molecule has 2 aliphatic rings. The Bertz CT molecular complexity index is 1630. The quantitative estimate of drug-likeness (QED) is 0.106. The molecule has 8 nitrogen and oxygen atoms in total. The molecule has 1 aliphatic carbocycles. The highest BCUT2D eigenvalue weighted by molar-refractivity contribution is 6.36. The molecule has 0 radical (unpaired) electrons. The average Bonchev–Trinajstić information content (AvgIpc) is 3.20. The fourth-order valence-electron chi connectivity index (χ4n) is 5.09. The number of esters is 1. The zero-order chi connectivity index (χ0) is 30.1. The number of allylic oxidation sites excluding steroid dienone is 2. The largest absolute Gasteiger partial charge is 0.423 e. The van der Waals surface area contributed by atoms with E-state index < -0.39 is 47.9 Å². The predicted octanol–water partition coefficient (Wildman–Crippen LogP) is 6.10. The van der Waals surface area contributed by atoms with Gasteiger partial charge in [-0.1, -0.05) is 52.5 Å². The molecular weight excluding hydrogens is 579 g/mol. The number of hydrogen-bond acceptors (Lipinski definition) is 6. The molecule has 0 N–H and O–H groups in total. The molecule has 1 heterocycles. The van der Waals surface area contributed by atoms with Crippen LogP contribution in [0.4, 0.5) is 0 Å². The minimum absolute atomic E-state index is 0.0127. The summed E-state index contributed by atoms with van der Waals surface area (Å²) in [5.74, 6) is -3.99. The number of amides is 3. The molecule has 0 saturated carbocycles. The Balaban J connectivity index is 1.39. The van der Waals surface area contributed by atoms with Gasteiger partial charge in [-0.05, 0) is 81.3 Å². The van der Waals surface area contributed by atoms with Crippen molar-refractivity contribution < 1.29 is 28.7 Å². The van der Waals surface area contributed by atoms with Gasteiger partial charge in [-0.3, -0.25) is 19.2 Å². The first-order chi connectivity index (χ1) is 20.0. The van der Waals surface area contributed by atoms with Crippen LogP contribution in [0, 0.1) is 18.8 Å². The number of benzene rings is 3. The Labute approximate surface area is 252 Å². The number of carbonyl (C=O) groups is 5. The Morgan fingerprint density at radius 1 is 0.881 bits per heavy atom. The molecular formula is C32H26Cl2N2O6. The molecule has 3 aromatic rings. The summed E-state index contributed by atoms with van der Waals surface area (Å²) in [6.45, 7) is 3.19. The maximum Gasteiger partial charge on any atom is 0.343 e. The predicted molar refractivity (Wildman–Crippen MR) is 156 cm³/mol. The van der Waals surface area contributed by atoms with E-state index in [9.17, 15) is 24.0 Å². The van der Waals surface area contributed by atoms with Crippen molar-refractivity contribution in [2.75, 3.05) is 6.54 Å². The number of carbonyl (C=O) groups excluding carboxylic acids is 5. The first kappa shape index (κ1) is 29.2. The zero-order valence-corrected chi connectivity index (χ0v) is 24.3. The van der Waals surface area contributed by atoms with Crippen molar-refractivity contribution in [3.63, 3.8) is 0 Å². The Kier molecular flexibility index (Phi) is 8.29. The number of hydrazine groups is 1. The SMILES string of the molecule is CC1=CC[C@@H]2C(=O)N(N(CC(=O)c3ccc(OC(=O)c4ccc(C)cc4)cc3)C(=O)c3ccc(Cl)cc3Cl)C(=O)[C@H]2C1. The summed E-state index contributed by atoms with van der Waals surface area (Å²) in [5, 5.41) is 1.97. The molecule has 2 atom stereocenters. The van der Waals surface area contributed by atoms with Gasteiger partial charge in [0.1, 0.15) is 12.3 Å². The fourth-order valence-corrected chi connectivity index (χ4v) is 5.57. The van der Waals surface area contributed by atoms with Crippen LogP contribution in [0.1, 0.15) is 56.4 Å². The van der Waals surface area contributed by atoms with E-state index in [-0.39, 0.29) is 21.9 Å². The van der Waals surface area contributed by atoms with Gasteiger partial charge in [0.15, 0.2) is 5.78 Å². The molecule has 10 heteroatoms. The summed E-state index contributed by atoms with van der Waals surface area (Å²) < 4.78 is 5.40. The van der Waals surface area contributed by atoms with Gasteiger partial charge in [-0.25, -0.2) is 9.80 Å². The summed E-state index contributed by atoms with van der Waals surface area (Å²) >= 11 is 12.3. The molecule has 42 heavy (non-hydrogen) atoms. The zero-order valence-electron chi connectivity index (χ0n) is 22.8. The van der Waals surface area contributed by atoms with Crippen LogP contribution in [-0.4, -0.2) is 46.0 Å². The van der Waals surface area contributed by atoms with Gasteiger partial charge in [-0.15, -0.1) is 0 Å². The molecule has 1 fully saturated rings. The van der Waals surface area contributed by atoms with Gasteiger partial charge in [0.25, 0.3) is 17.7 Å². The number of rotatable bonds is 7. The lowest BCUT2D eigenvalue weighted by Crippen LogP contribution is -2.52. The second-order valence-electron chi connectivity index (χ2n) is 10.4. The van der Waals surface area contributed by atoms with E-state index in [0.717, 1.165) is 21.2 Å². The van der Waals surface area contributed by atoms with E-state index in [1.807, 2.05) is 19.9 Å². The number of nitrogens with zero attached hydrogens (tertiary/aromatic N) is 2. The number of imide groups is 1. The minimum Gasteiger partial charge on any atom is -0.423 e. The van der Waals surface area contributed by atoms with Crippen molar-refractivity contribution in [1.29, 1.82) is 0 Å². The third kappa shape index (κ3) is 5.86. The smallest absolute Gasteiger partial charge is 0.343 e. The Morgan fingerprint density at radius 2 is 1.52 bits per heavy atom. The van der Waals surface area contributed by atoms with Gasteiger partial charge in [0.05, 0.1) is 28.0 Å². The average molecular weight is 605 g/mol. The van der Waals surface area contributed by atoms with E-state index in [4.69, 9.17) is 27.9 Å². The number of Topliss-reactive ketones (excluding diaryl/α,β-unsaturated/α-hetero) is 1. The van der Waals surface area contributed by atoms with Gasteiger partial charge in [0.2, 0.25) is 0 Å². The molecule has 0 unspecified atom stereocenters. The lowest BCUT2D eigenvalue weighted by Gasteiger charge is -2.30. The molecule has 1 aliphatic heterocycles. The molecule has 5 rings (SSSR count). The van der Waals surface area contributed by atoms with Crippen LogP contribution in [-0.2, 0) is 9.59 Å². The highest BCUT2D eigenvalue weighted by Gasteiger charge is 2.52. The molecule has 3 aromatic carbocycles. The maximum absolute atomic E-state index is 13.8. The van der Waals surface area contributed by atoms with E-state index in [1.54, 1.807) is 24.3 Å². The molecule has 0 aromatic heterocycles. The van der Waals surface area contributed by atoms with Crippen LogP contribution < -0.4 is 4.74 Å². The minimum atomic E-state index is -0.793. The lowest BCUT2D eigenvalue weighted by molar-refractivity contribution is -0.154. The normalized spacial score (nSPS) is 17.9. The highest BCUT2D eigenvalue weighted by atomic mass is 35.5. The highest BCUT2D eigenvalue weighted by Crippen LogP contribution is 2.39. The standard InChI is InChI=1S/C32H26Cl2N2O6/c1-18-3-6-21(7-4-18)32(41)42-23-11-8-20(9-12-23)28(37)17-35(29(38)25-14-10-22(33)16-27(25)34)36-30(39)24-13-5-19(2)15-26(24)31(36)40/h3-12,14,16,24,26H,13,15,17H2,1-2H3/t24-,26-/m0/s1. The Hall–Kier alpha value is -4.27. The van der Waals surface area contributed by atoms with Gasteiger partial charge >= 0.3 is 5.97 Å². The first-order valence-corrected chi connectivity index (χ1v) is 14.0. The van der Waals surface area contributed by atoms with Crippen molar-refractivity contribution in [2.45, 2.75) is 26.7 Å². The summed E-state index contributed by atoms with van der Waals surface area (Å²) in [6.07, 6.45) is 2.68. The maximum atomic E-state index is 13.8. The van der Waals surface area contributed by atoms with Crippen LogP contribution in [0.25, 0.3) is 0 Å². The number of fused-ring (bicyclic) bond motifs is 1. The summed E-state index contributed by atoms with van der Waals surface area (Å²) in [6, 6.07) is 16.9. The van der Waals surface area contributed by atoms with Crippen molar-refractivity contribution in [3.05, 3.63) is 111 Å². The lowest BCUT2D eigenvalue weighted by atomic mass is 9.82. The van der Waals surface area contributed by atoms with Crippen LogP contribution in [0.15, 0.2) is 78.4 Å². The van der Waals surface area contributed by atoms with Crippen molar-refractivity contribution in [3.8, 4) is 5.75 Å². The van der Waals surface area contributed by atoms with E-state index >= 15 is 0 Å². The molecule has 0 spiro atoms. The van der Waals surface area contributed by atoms with Crippen LogP contribution in [0.3, 0.4) is 0 Å². The fraction of sp³-hybridized carbons (Fsp3) is 0.219. The number of aryl methyl sites for hydroxylation is 1. The first-order valence-electron chi connectivity index (χ1n) is 13.3. The van der Waals surface area contributed by atoms with E-state index in [0.29, 0.717) is 23.4 Å². The van der Waals surface area contributed by atoms with Crippen molar-refractivity contribution in [2.24, 2.45) is 11.8 Å². The number of ketones is 1. The van der Waals surface area contributed by atoms with E-state index in [2.05, 4.69) is 0 Å². The topological polar surface area (TPSA) is 101 Å². The molecule has 214 valence electrons. The summed E-state index contributed by atoms with van der Waals surface area (Å²) in [4.78, 5) is 66.6. The van der Waals surface area contributed by atoms with Crippen LogP contribution >= 0.6 is 23.2 Å². The summed E-state index contributed by atoms with van der Waals surface area (Å²) in [7, 11) is 0. The van der Waals surface area contributed by atoms with Gasteiger partial charge < -0.3 is 4.74 Å². The number of hydrogen-bond donors (Lipinski definition) is 0. The molecule has 3 amide bonds. The third-order valence-corrected chi connectivity index (χ3v) is 7.95. The van der Waals surface area contributed by atoms with Crippen LogP contribution in [0.2, 0.25) is 10.0 Å². The second kappa shape index (κ2) is 11.9. The van der Waals surface area contributed by atoms with Gasteiger partial charge in [-0.2, -0.15) is 5.01 Å². The van der Waals surface area contributed by atoms with Crippen molar-refractivity contribution in [1.82, 2.24) is 10.0 Å². The number of halogens is 2.